The molecule has 0 atom stereocenters. The molecule has 136 valence electrons. The predicted molar refractivity (Wildman–Crippen MR) is 66.4 cm³/mol. The molecule has 2 aromatic rings. The summed E-state index contributed by atoms with van der Waals surface area (Å²) in [6.07, 6.45) is -15.3. The molecule has 0 amide bonds. The van der Waals surface area contributed by atoms with Crippen LogP contribution in [0.2, 0.25) is 0 Å². The van der Waals surface area contributed by atoms with Crippen LogP contribution < -0.4 is 4.74 Å². The summed E-state index contributed by atoms with van der Waals surface area (Å²) >= 11 is 0. The third-order valence-electron chi connectivity index (χ3n) is 2.88. The van der Waals surface area contributed by atoms with Crippen molar-refractivity contribution in [3.8, 4) is 16.9 Å². The highest BCUT2D eigenvalue weighted by atomic mass is 19.4. The van der Waals surface area contributed by atoms with Crippen LogP contribution in [0, 0.1) is 0 Å². The SMILES string of the molecule is FC(F)(F)Oc1cccc(-c2c(C(F)(F)F)ccnc2C(F)(F)F)c1. The molecule has 0 aliphatic carbocycles. The fraction of sp³-hybridized carbons (Fsp3) is 0.214. The molecule has 0 aliphatic rings. The number of benzene rings is 1. The fourth-order valence-corrected chi connectivity index (χ4v) is 2.05. The van der Waals surface area contributed by atoms with Gasteiger partial charge in [-0.1, -0.05) is 12.1 Å². The first kappa shape index (κ1) is 18.9. The molecular weight excluding hydrogens is 369 g/mol. The van der Waals surface area contributed by atoms with Crippen LogP contribution in [0.3, 0.4) is 0 Å². The number of ether oxygens (including phenoxy) is 1. The summed E-state index contributed by atoms with van der Waals surface area (Å²) in [5.41, 5.74) is -5.70. The van der Waals surface area contributed by atoms with E-state index in [9.17, 15) is 39.5 Å². The lowest BCUT2D eigenvalue weighted by atomic mass is 9.97. The van der Waals surface area contributed by atoms with Crippen molar-refractivity contribution in [1.82, 2.24) is 4.98 Å². The Labute approximate surface area is 133 Å². The topological polar surface area (TPSA) is 22.1 Å². The number of hydrogen-bond donors (Lipinski definition) is 0. The lowest BCUT2D eigenvalue weighted by Crippen LogP contribution is -2.18. The predicted octanol–water partition coefficient (Wildman–Crippen LogP) is 5.68. The van der Waals surface area contributed by atoms with Crippen molar-refractivity contribution in [2.24, 2.45) is 0 Å². The molecule has 1 aromatic carbocycles. The van der Waals surface area contributed by atoms with Gasteiger partial charge in [-0.05, 0) is 23.8 Å². The first-order chi connectivity index (χ1) is 11.3. The molecular formula is C14H6F9NO. The Hall–Kier alpha value is -2.46. The average molecular weight is 375 g/mol. The van der Waals surface area contributed by atoms with E-state index < -0.39 is 46.8 Å². The van der Waals surface area contributed by atoms with E-state index in [1.807, 2.05) is 0 Å². The van der Waals surface area contributed by atoms with E-state index in [4.69, 9.17) is 0 Å². The number of alkyl halides is 9. The van der Waals surface area contributed by atoms with Crippen LogP contribution in [-0.2, 0) is 12.4 Å². The summed E-state index contributed by atoms with van der Waals surface area (Å²) in [5, 5.41) is 0. The van der Waals surface area contributed by atoms with E-state index in [1.54, 1.807) is 0 Å². The molecule has 1 heterocycles. The van der Waals surface area contributed by atoms with Crippen molar-refractivity contribution in [2.75, 3.05) is 0 Å². The maximum absolute atomic E-state index is 13.1. The minimum absolute atomic E-state index is 0.307. The van der Waals surface area contributed by atoms with Crippen molar-refractivity contribution in [1.29, 1.82) is 0 Å². The third-order valence-corrected chi connectivity index (χ3v) is 2.88. The molecule has 0 saturated heterocycles. The fourth-order valence-electron chi connectivity index (χ4n) is 2.05. The molecule has 0 N–H and O–H groups in total. The van der Waals surface area contributed by atoms with Crippen molar-refractivity contribution >= 4 is 0 Å². The second-order valence-electron chi connectivity index (χ2n) is 4.65. The van der Waals surface area contributed by atoms with E-state index in [2.05, 4.69) is 9.72 Å². The zero-order valence-corrected chi connectivity index (χ0v) is 11.7. The van der Waals surface area contributed by atoms with E-state index >= 15 is 0 Å². The van der Waals surface area contributed by atoms with Gasteiger partial charge in [0.1, 0.15) is 5.75 Å². The van der Waals surface area contributed by atoms with Gasteiger partial charge < -0.3 is 4.74 Å². The van der Waals surface area contributed by atoms with Gasteiger partial charge in [-0.3, -0.25) is 4.98 Å². The number of aromatic nitrogens is 1. The van der Waals surface area contributed by atoms with Gasteiger partial charge in [-0.2, -0.15) is 26.3 Å². The summed E-state index contributed by atoms with van der Waals surface area (Å²) in [4.78, 5) is 2.92. The molecule has 0 bridgehead atoms. The molecule has 11 heteroatoms. The van der Waals surface area contributed by atoms with Crippen LogP contribution in [-0.4, -0.2) is 11.3 Å². The van der Waals surface area contributed by atoms with Gasteiger partial charge in [0.25, 0.3) is 0 Å². The molecule has 0 fully saturated rings. The Kier molecular flexibility index (Phi) is 4.62. The van der Waals surface area contributed by atoms with Gasteiger partial charge in [0.15, 0.2) is 5.69 Å². The standard InChI is InChI=1S/C14H6F9NO/c15-12(16,17)9-4-5-24-11(13(18,19)20)10(9)7-2-1-3-8(6-7)25-14(21,22)23/h1-6H. The van der Waals surface area contributed by atoms with Crippen LogP contribution in [0.5, 0.6) is 5.75 Å². The maximum atomic E-state index is 13.1. The lowest BCUT2D eigenvalue weighted by Gasteiger charge is -2.18. The maximum Gasteiger partial charge on any atom is 0.573 e. The number of halogens is 9. The molecule has 0 unspecified atom stereocenters. The van der Waals surface area contributed by atoms with E-state index in [-0.39, 0.29) is 0 Å². The monoisotopic (exact) mass is 375 g/mol. The summed E-state index contributed by atoms with van der Waals surface area (Å²) in [7, 11) is 0. The van der Waals surface area contributed by atoms with Crippen LogP contribution in [0.15, 0.2) is 36.5 Å². The van der Waals surface area contributed by atoms with Gasteiger partial charge >= 0.3 is 18.7 Å². The number of hydrogen-bond acceptors (Lipinski definition) is 2. The molecule has 2 nitrogen and oxygen atoms in total. The number of pyridine rings is 1. The summed E-state index contributed by atoms with van der Waals surface area (Å²) < 4.78 is 118. The zero-order valence-electron chi connectivity index (χ0n) is 11.7. The number of rotatable bonds is 2. The molecule has 0 radical (unpaired) electrons. The van der Waals surface area contributed by atoms with Gasteiger partial charge in [-0.25, -0.2) is 0 Å². The summed E-state index contributed by atoms with van der Waals surface area (Å²) in [5.74, 6) is -0.963. The molecule has 0 aliphatic heterocycles. The highest BCUT2D eigenvalue weighted by Gasteiger charge is 2.42. The van der Waals surface area contributed by atoms with Crippen LogP contribution in [0.25, 0.3) is 11.1 Å². The van der Waals surface area contributed by atoms with Crippen LogP contribution >= 0.6 is 0 Å². The second kappa shape index (κ2) is 6.12. The Morgan fingerprint density at radius 1 is 0.800 bits per heavy atom. The largest absolute Gasteiger partial charge is 0.573 e. The van der Waals surface area contributed by atoms with Gasteiger partial charge in [0.2, 0.25) is 0 Å². The molecule has 0 spiro atoms. The van der Waals surface area contributed by atoms with Gasteiger partial charge in [-0.15, -0.1) is 13.2 Å². The minimum Gasteiger partial charge on any atom is -0.406 e. The van der Waals surface area contributed by atoms with E-state index in [1.165, 1.54) is 0 Å². The first-order valence-corrected chi connectivity index (χ1v) is 6.28. The highest BCUT2D eigenvalue weighted by molar-refractivity contribution is 5.72. The van der Waals surface area contributed by atoms with E-state index in [0.717, 1.165) is 18.2 Å². The highest BCUT2D eigenvalue weighted by Crippen LogP contribution is 2.44. The summed E-state index contributed by atoms with van der Waals surface area (Å²) in [6.45, 7) is 0. The van der Waals surface area contributed by atoms with Crippen molar-refractivity contribution < 1.29 is 44.3 Å². The first-order valence-electron chi connectivity index (χ1n) is 6.28. The van der Waals surface area contributed by atoms with E-state index in [0.29, 0.717) is 18.3 Å². The van der Waals surface area contributed by atoms with Crippen LogP contribution in [0.4, 0.5) is 39.5 Å². The lowest BCUT2D eigenvalue weighted by molar-refractivity contribution is -0.274. The molecule has 0 saturated carbocycles. The summed E-state index contributed by atoms with van der Waals surface area (Å²) in [6, 6.07) is 3.11. The molecule has 2 rings (SSSR count). The minimum atomic E-state index is -5.25. The van der Waals surface area contributed by atoms with Gasteiger partial charge in [0, 0.05) is 11.8 Å². The normalized spacial score (nSPS) is 13.0. The van der Waals surface area contributed by atoms with Crippen LogP contribution in [0.1, 0.15) is 11.3 Å². The average Bonchev–Trinajstić information content (AvgIpc) is 2.43. The third kappa shape index (κ3) is 4.54. The second-order valence-corrected chi connectivity index (χ2v) is 4.65. The smallest absolute Gasteiger partial charge is 0.406 e. The molecule has 25 heavy (non-hydrogen) atoms. The van der Waals surface area contributed by atoms with Crippen molar-refractivity contribution in [3.05, 3.63) is 47.8 Å². The Morgan fingerprint density at radius 2 is 1.44 bits per heavy atom. The Balaban J connectivity index is 2.71. The molecule has 1 aromatic heterocycles. The Morgan fingerprint density at radius 3 is 1.96 bits per heavy atom. The van der Waals surface area contributed by atoms with Crippen molar-refractivity contribution in [3.63, 3.8) is 0 Å². The quantitative estimate of drug-likeness (QED) is 0.630. The Bertz CT molecular complexity index is 730. The van der Waals surface area contributed by atoms with Crippen molar-refractivity contribution in [2.45, 2.75) is 18.7 Å². The van der Waals surface area contributed by atoms with Gasteiger partial charge in [0.05, 0.1) is 5.56 Å². The zero-order chi connectivity index (χ0) is 19.0. The number of nitrogens with zero attached hydrogens (tertiary/aromatic N) is 1.